The number of nitrogens with zero attached hydrogens (tertiary/aromatic N) is 3. The van der Waals surface area contributed by atoms with E-state index in [2.05, 4.69) is 9.88 Å². The van der Waals surface area contributed by atoms with Crippen LogP contribution in [0.25, 0.3) is 10.2 Å². The molecule has 31 heavy (non-hydrogen) atoms. The summed E-state index contributed by atoms with van der Waals surface area (Å²) in [7, 11) is 0. The first-order valence-electron chi connectivity index (χ1n) is 9.67. The van der Waals surface area contributed by atoms with Gasteiger partial charge in [-0.05, 0) is 36.4 Å². The van der Waals surface area contributed by atoms with Crippen molar-refractivity contribution in [2.45, 2.75) is 6.18 Å². The molecule has 3 aromatic rings. The highest BCUT2D eigenvalue weighted by atomic mass is 35.5. The lowest BCUT2D eigenvalue weighted by atomic mass is 10.1. The summed E-state index contributed by atoms with van der Waals surface area (Å²) in [5.41, 5.74) is -0.0308. The number of carbonyl (C=O) groups is 1. The average Bonchev–Trinajstić information content (AvgIpc) is 3.19. The molecule has 1 fully saturated rings. The highest BCUT2D eigenvalue weighted by molar-refractivity contribution is 7.22. The van der Waals surface area contributed by atoms with Crippen molar-refractivity contribution in [3.05, 3.63) is 58.6 Å². The average molecular weight is 470 g/mol. The normalized spacial score (nSPS) is 15.4. The summed E-state index contributed by atoms with van der Waals surface area (Å²) in [6.45, 7) is 3.71. The van der Waals surface area contributed by atoms with E-state index < -0.39 is 17.6 Å². The molecule has 2 aromatic carbocycles. The summed E-state index contributed by atoms with van der Waals surface area (Å²) >= 11 is 7.57. The number of amides is 1. The fraction of sp³-hybridized carbons (Fsp3) is 0.333. The van der Waals surface area contributed by atoms with E-state index in [0.29, 0.717) is 42.0 Å². The molecule has 164 valence electrons. The largest absolute Gasteiger partial charge is 0.416 e. The van der Waals surface area contributed by atoms with Gasteiger partial charge < -0.3 is 4.74 Å². The van der Waals surface area contributed by atoms with Crippen molar-refractivity contribution in [3.8, 4) is 0 Å². The van der Waals surface area contributed by atoms with Crippen LogP contribution in [0.15, 0.2) is 42.5 Å². The third-order valence-electron chi connectivity index (χ3n) is 5.04. The number of benzene rings is 2. The van der Waals surface area contributed by atoms with Gasteiger partial charge in [0, 0.05) is 31.7 Å². The van der Waals surface area contributed by atoms with Gasteiger partial charge in [-0.25, -0.2) is 4.98 Å². The SMILES string of the molecule is O=C(c1ccc(C(F)(F)F)cc1)N(CCN1CCOCC1)c1nc2c(Cl)cccc2s1. The van der Waals surface area contributed by atoms with Gasteiger partial charge in [-0.2, -0.15) is 13.2 Å². The van der Waals surface area contributed by atoms with Crippen LogP contribution in [0.4, 0.5) is 18.3 Å². The number of morpholine rings is 1. The number of thiazole rings is 1. The lowest BCUT2D eigenvalue weighted by molar-refractivity contribution is -0.137. The van der Waals surface area contributed by atoms with Crippen molar-refractivity contribution in [3.63, 3.8) is 0 Å². The zero-order valence-corrected chi connectivity index (χ0v) is 17.9. The van der Waals surface area contributed by atoms with E-state index in [4.69, 9.17) is 16.3 Å². The summed E-state index contributed by atoms with van der Waals surface area (Å²) in [5, 5.41) is 0.941. The van der Waals surface area contributed by atoms with Gasteiger partial charge in [0.15, 0.2) is 5.13 Å². The number of ether oxygens (including phenoxy) is 1. The van der Waals surface area contributed by atoms with Crippen molar-refractivity contribution < 1.29 is 22.7 Å². The minimum absolute atomic E-state index is 0.167. The number of anilines is 1. The van der Waals surface area contributed by atoms with E-state index >= 15 is 0 Å². The lowest BCUT2D eigenvalue weighted by Crippen LogP contribution is -2.43. The van der Waals surface area contributed by atoms with E-state index in [-0.39, 0.29) is 5.56 Å². The maximum atomic E-state index is 13.3. The Morgan fingerprint density at radius 2 is 1.87 bits per heavy atom. The molecule has 5 nitrogen and oxygen atoms in total. The van der Waals surface area contributed by atoms with Crippen LogP contribution in [0.5, 0.6) is 0 Å². The van der Waals surface area contributed by atoms with E-state index in [1.54, 1.807) is 6.07 Å². The maximum absolute atomic E-state index is 13.3. The predicted octanol–water partition coefficient (Wildman–Crippen LogP) is 4.95. The number of rotatable bonds is 5. The number of para-hydroxylation sites is 1. The summed E-state index contributed by atoms with van der Waals surface area (Å²) in [5.74, 6) is -0.405. The molecule has 4 rings (SSSR count). The Morgan fingerprint density at radius 1 is 1.16 bits per heavy atom. The minimum Gasteiger partial charge on any atom is -0.379 e. The van der Waals surface area contributed by atoms with E-state index in [9.17, 15) is 18.0 Å². The van der Waals surface area contributed by atoms with E-state index in [1.807, 2.05) is 12.1 Å². The first-order valence-corrected chi connectivity index (χ1v) is 10.9. The summed E-state index contributed by atoms with van der Waals surface area (Å²) in [6.07, 6.45) is -4.46. The molecule has 1 amide bonds. The number of carbonyl (C=O) groups excluding carboxylic acids is 1. The molecule has 0 N–H and O–H groups in total. The van der Waals surface area contributed by atoms with Crippen LogP contribution in [-0.4, -0.2) is 55.2 Å². The molecule has 1 aromatic heterocycles. The van der Waals surface area contributed by atoms with Gasteiger partial charge in [-0.1, -0.05) is 29.0 Å². The maximum Gasteiger partial charge on any atom is 0.416 e. The van der Waals surface area contributed by atoms with Crippen LogP contribution in [0.2, 0.25) is 5.02 Å². The standard InChI is InChI=1S/C21H19ClF3N3O2S/c22-16-2-1-3-17-18(16)26-20(31-17)28(9-8-27-10-12-30-13-11-27)19(29)14-4-6-15(7-5-14)21(23,24)25/h1-7H,8-13H2. The van der Waals surface area contributed by atoms with Crippen molar-refractivity contribution in [1.82, 2.24) is 9.88 Å². The monoisotopic (exact) mass is 469 g/mol. The van der Waals surface area contributed by atoms with Crippen molar-refractivity contribution >= 4 is 44.2 Å². The lowest BCUT2D eigenvalue weighted by Gasteiger charge is -2.29. The van der Waals surface area contributed by atoms with Crippen LogP contribution in [0, 0.1) is 0 Å². The highest BCUT2D eigenvalue weighted by Gasteiger charge is 2.31. The van der Waals surface area contributed by atoms with E-state index in [1.165, 1.54) is 28.4 Å². The second kappa shape index (κ2) is 9.12. The molecule has 0 radical (unpaired) electrons. The van der Waals surface area contributed by atoms with Crippen molar-refractivity contribution in [2.24, 2.45) is 0 Å². The molecular formula is C21H19ClF3N3O2S. The molecule has 1 saturated heterocycles. The Balaban J connectivity index is 1.63. The smallest absolute Gasteiger partial charge is 0.379 e. The molecule has 0 aliphatic carbocycles. The zero-order chi connectivity index (χ0) is 22.0. The fourth-order valence-corrected chi connectivity index (χ4v) is 4.62. The quantitative estimate of drug-likeness (QED) is 0.530. The molecule has 2 heterocycles. The Bertz CT molecular complexity index is 1070. The van der Waals surface area contributed by atoms with Crippen LogP contribution >= 0.6 is 22.9 Å². The van der Waals surface area contributed by atoms with Gasteiger partial charge in [0.1, 0.15) is 5.52 Å². The molecular weight excluding hydrogens is 451 g/mol. The van der Waals surface area contributed by atoms with Crippen LogP contribution in [-0.2, 0) is 10.9 Å². The molecule has 1 aliphatic rings. The zero-order valence-electron chi connectivity index (χ0n) is 16.4. The van der Waals surface area contributed by atoms with Gasteiger partial charge in [-0.15, -0.1) is 0 Å². The van der Waals surface area contributed by atoms with Gasteiger partial charge >= 0.3 is 6.18 Å². The summed E-state index contributed by atoms with van der Waals surface area (Å²) < 4.78 is 44.9. The molecule has 1 aliphatic heterocycles. The summed E-state index contributed by atoms with van der Waals surface area (Å²) in [6, 6.07) is 9.64. The molecule has 0 bridgehead atoms. The molecule has 0 spiro atoms. The summed E-state index contributed by atoms with van der Waals surface area (Å²) in [4.78, 5) is 21.5. The molecule has 0 saturated carbocycles. The molecule has 10 heteroatoms. The van der Waals surface area contributed by atoms with Crippen LogP contribution in [0.3, 0.4) is 0 Å². The second-order valence-electron chi connectivity index (χ2n) is 7.07. The number of aromatic nitrogens is 1. The topological polar surface area (TPSA) is 45.7 Å². The predicted molar refractivity (Wildman–Crippen MR) is 115 cm³/mol. The number of halogens is 4. The first-order chi connectivity index (χ1) is 14.8. The van der Waals surface area contributed by atoms with Gasteiger partial charge in [0.05, 0.1) is 28.5 Å². The molecule has 0 unspecified atom stereocenters. The van der Waals surface area contributed by atoms with E-state index in [0.717, 1.165) is 29.9 Å². The Kier molecular flexibility index (Phi) is 6.47. The third-order valence-corrected chi connectivity index (χ3v) is 6.39. The fourth-order valence-electron chi connectivity index (χ4n) is 3.33. The van der Waals surface area contributed by atoms with Crippen LogP contribution in [0.1, 0.15) is 15.9 Å². The first kappa shape index (κ1) is 22.0. The number of hydrogen-bond acceptors (Lipinski definition) is 5. The number of hydrogen-bond donors (Lipinski definition) is 0. The van der Waals surface area contributed by atoms with Crippen LogP contribution < -0.4 is 4.90 Å². The third kappa shape index (κ3) is 5.01. The minimum atomic E-state index is -4.46. The van der Waals surface area contributed by atoms with Gasteiger partial charge in [0.2, 0.25) is 0 Å². The van der Waals surface area contributed by atoms with Gasteiger partial charge in [-0.3, -0.25) is 14.6 Å². The Labute approximate surface area is 186 Å². The second-order valence-corrected chi connectivity index (χ2v) is 8.49. The van der Waals surface area contributed by atoms with Crippen molar-refractivity contribution in [2.75, 3.05) is 44.3 Å². The van der Waals surface area contributed by atoms with Gasteiger partial charge in [0.25, 0.3) is 5.91 Å². The van der Waals surface area contributed by atoms with Crippen molar-refractivity contribution in [1.29, 1.82) is 0 Å². The highest BCUT2D eigenvalue weighted by Crippen LogP contribution is 2.34. The Morgan fingerprint density at radius 3 is 2.52 bits per heavy atom. The number of fused-ring (bicyclic) bond motifs is 1. The Hall–Kier alpha value is -2.20. The molecule has 0 atom stereocenters. The number of alkyl halides is 3.